The van der Waals surface area contributed by atoms with Gasteiger partial charge in [0.05, 0.1) is 5.02 Å². The molecule has 0 aliphatic carbocycles. The Hall–Kier alpha value is -1.71. The maximum atomic E-state index is 6.12. The van der Waals surface area contributed by atoms with E-state index in [0.717, 1.165) is 16.9 Å². The van der Waals surface area contributed by atoms with Crippen LogP contribution in [0.1, 0.15) is 11.1 Å². The lowest BCUT2D eigenvalue weighted by Crippen LogP contribution is -2.01. The van der Waals surface area contributed by atoms with Gasteiger partial charge in [-0.25, -0.2) is 0 Å². The molecule has 106 valence electrons. The van der Waals surface area contributed by atoms with Gasteiger partial charge >= 0.3 is 0 Å². The lowest BCUT2D eigenvalue weighted by molar-refractivity contribution is 0.0510. The summed E-state index contributed by atoms with van der Waals surface area (Å²) in [6.07, 6.45) is 0. The van der Waals surface area contributed by atoms with Crippen molar-refractivity contribution >= 4 is 11.6 Å². The van der Waals surface area contributed by atoms with Gasteiger partial charge in [-0.15, -0.1) is 0 Å². The fourth-order valence-electron chi connectivity index (χ4n) is 1.76. The standard InChI is InChI=1S/C16H17ClO3/c1-12-8-14(17)16(20-11-18-2)9-15(12)19-10-13-6-4-3-5-7-13/h3-9H,10-11H2,1-2H3. The quantitative estimate of drug-likeness (QED) is 0.747. The third-order valence-electron chi connectivity index (χ3n) is 2.80. The molecule has 3 nitrogen and oxygen atoms in total. The van der Waals surface area contributed by atoms with Crippen LogP contribution in [0.15, 0.2) is 42.5 Å². The highest BCUT2D eigenvalue weighted by Crippen LogP contribution is 2.32. The van der Waals surface area contributed by atoms with Crippen molar-refractivity contribution in [3.05, 3.63) is 58.6 Å². The monoisotopic (exact) mass is 292 g/mol. The zero-order valence-electron chi connectivity index (χ0n) is 11.6. The number of methoxy groups -OCH3 is 1. The molecule has 0 aromatic heterocycles. The highest BCUT2D eigenvalue weighted by atomic mass is 35.5. The van der Waals surface area contributed by atoms with Crippen molar-refractivity contribution < 1.29 is 14.2 Å². The second-order valence-electron chi connectivity index (χ2n) is 4.37. The summed E-state index contributed by atoms with van der Waals surface area (Å²) in [4.78, 5) is 0. The first-order valence-electron chi connectivity index (χ1n) is 6.29. The summed E-state index contributed by atoms with van der Waals surface area (Å²) < 4.78 is 16.1. The van der Waals surface area contributed by atoms with E-state index in [2.05, 4.69) is 0 Å². The van der Waals surface area contributed by atoms with Gasteiger partial charge in [-0.1, -0.05) is 41.9 Å². The van der Waals surface area contributed by atoms with Gasteiger partial charge in [-0.2, -0.15) is 0 Å². The summed E-state index contributed by atoms with van der Waals surface area (Å²) >= 11 is 6.12. The van der Waals surface area contributed by atoms with Crippen LogP contribution in [0.3, 0.4) is 0 Å². The second kappa shape index (κ2) is 7.17. The predicted octanol–water partition coefficient (Wildman–Crippen LogP) is 4.21. The van der Waals surface area contributed by atoms with E-state index in [1.54, 1.807) is 13.2 Å². The molecule has 0 N–H and O–H groups in total. The molecule has 0 spiro atoms. The van der Waals surface area contributed by atoms with E-state index in [1.165, 1.54) is 0 Å². The number of ether oxygens (including phenoxy) is 3. The zero-order valence-corrected chi connectivity index (χ0v) is 12.3. The van der Waals surface area contributed by atoms with E-state index >= 15 is 0 Å². The first-order valence-corrected chi connectivity index (χ1v) is 6.67. The molecule has 0 saturated heterocycles. The maximum Gasteiger partial charge on any atom is 0.188 e. The van der Waals surface area contributed by atoms with Crippen LogP contribution in [0.5, 0.6) is 11.5 Å². The number of hydrogen-bond acceptors (Lipinski definition) is 3. The van der Waals surface area contributed by atoms with Gasteiger partial charge in [0.25, 0.3) is 0 Å². The average Bonchev–Trinajstić information content (AvgIpc) is 2.46. The van der Waals surface area contributed by atoms with E-state index in [0.29, 0.717) is 17.4 Å². The fraction of sp³-hybridized carbons (Fsp3) is 0.250. The van der Waals surface area contributed by atoms with Crippen LogP contribution in [0, 0.1) is 6.92 Å². The molecule has 20 heavy (non-hydrogen) atoms. The van der Waals surface area contributed by atoms with Gasteiger partial charge in [0.15, 0.2) is 6.79 Å². The van der Waals surface area contributed by atoms with E-state index < -0.39 is 0 Å². The minimum atomic E-state index is 0.154. The van der Waals surface area contributed by atoms with Crippen molar-refractivity contribution in [1.29, 1.82) is 0 Å². The number of aryl methyl sites for hydroxylation is 1. The van der Waals surface area contributed by atoms with E-state index in [1.807, 2.05) is 43.3 Å². The lowest BCUT2D eigenvalue weighted by atomic mass is 10.2. The smallest absolute Gasteiger partial charge is 0.188 e. The largest absolute Gasteiger partial charge is 0.488 e. The number of halogens is 1. The minimum Gasteiger partial charge on any atom is -0.488 e. The molecule has 0 bridgehead atoms. The summed E-state index contributed by atoms with van der Waals surface area (Å²) in [6.45, 7) is 2.61. The Kier molecular flexibility index (Phi) is 5.27. The fourth-order valence-corrected chi connectivity index (χ4v) is 2.03. The lowest BCUT2D eigenvalue weighted by Gasteiger charge is -2.13. The van der Waals surface area contributed by atoms with Crippen LogP contribution in [-0.2, 0) is 11.3 Å². The SMILES string of the molecule is COCOc1cc(OCc2ccccc2)c(C)cc1Cl. The number of hydrogen-bond donors (Lipinski definition) is 0. The Morgan fingerprint density at radius 1 is 1.00 bits per heavy atom. The van der Waals surface area contributed by atoms with Crippen molar-refractivity contribution in [2.24, 2.45) is 0 Å². The molecule has 2 rings (SSSR count). The van der Waals surface area contributed by atoms with Gasteiger partial charge < -0.3 is 14.2 Å². The first-order chi connectivity index (χ1) is 9.70. The van der Waals surface area contributed by atoms with Gasteiger partial charge in [-0.3, -0.25) is 0 Å². The molecule has 4 heteroatoms. The van der Waals surface area contributed by atoms with Gasteiger partial charge in [0.1, 0.15) is 18.1 Å². The predicted molar refractivity (Wildman–Crippen MR) is 79.5 cm³/mol. The van der Waals surface area contributed by atoms with Crippen molar-refractivity contribution in [1.82, 2.24) is 0 Å². The van der Waals surface area contributed by atoms with Crippen LogP contribution in [0.4, 0.5) is 0 Å². The minimum absolute atomic E-state index is 0.154. The normalized spacial score (nSPS) is 10.3. The molecular weight excluding hydrogens is 276 g/mol. The van der Waals surface area contributed by atoms with Crippen LogP contribution in [0.2, 0.25) is 5.02 Å². The molecule has 0 aliphatic heterocycles. The van der Waals surface area contributed by atoms with E-state index in [-0.39, 0.29) is 6.79 Å². The van der Waals surface area contributed by atoms with Crippen molar-refractivity contribution in [2.75, 3.05) is 13.9 Å². The highest BCUT2D eigenvalue weighted by molar-refractivity contribution is 6.32. The van der Waals surface area contributed by atoms with Gasteiger partial charge in [0.2, 0.25) is 0 Å². The molecule has 0 heterocycles. The molecule has 2 aromatic rings. The summed E-state index contributed by atoms with van der Waals surface area (Å²) in [5.41, 5.74) is 2.08. The maximum absolute atomic E-state index is 6.12. The average molecular weight is 293 g/mol. The molecule has 0 radical (unpaired) electrons. The van der Waals surface area contributed by atoms with Crippen LogP contribution < -0.4 is 9.47 Å². The number of benzene rings is 2. The molecule has 2 aromatic carbocycles. The van der Waals surface area contributed by atoms with Gasteiger partial charge in [0, 0.05) is 13.2 Å². The van der Waals surface area contributed by atoms with Crippen molar-refractivity contribution in [3.8, 4) is 11.5 Å². The molecule has 0 unspecified atom stereocenters. The third kappa shape index (κ3) is 3.89. The second-order valence-corrected chi connectivity index (χ2v) is 4.78. The Bertz CT molecular complexity index is 555. The molecule has 0 saturated carbocycles. The Balaban J connectivity index is 2.10. The summed E-state index contributed by atoms with van der Waals surface area (Å²) in [5.74, 6) is 1.31. The third-order valence-corrected chi connectivity index (χ3v) is 3.09. The topological polar surface area (TPSA) is 27.7 Å². The Labute approximate surface area is 124 Å². The molecular formula is C16H17ClO3. The van der Waals surface area contributed by atoms with E-state index in [4.69, 9.17) is 25.8 Å². The summed E-state index contributed by atoms with van der Waals surface area (Å²) in [6, 6.07) is 13.6. The summed E-state index contributed by atoms with van der Waals surface area (Å²) in [7, 11) is 1.56. The molecule has 0 amide bonds. The molecule has 0 fully saturated rings. The highest BCUT2D eigenvalue weighted by Gasteiger charge is 2.08. The van der Waals surface area contributed by atoms with Crippen LogP contribution >= 0.6 is 11.6 Å². The number of rotatable bonds is 6. The van der Waals surface area contributed by atoms with E-state index in [9.17, 15) is 0 Å². The zero-order chi connectivity index (χ0) is 14.4. The Morgan fingerprint density at radius 3 is 2.45 bits per heavy atom. The first kappa shape index (κ1) is 14.7. The van der Waals surface area contributed by atoms with Crippen molar-refractivity contribution in [3.63, 3.8) is 0 Å². The van der Waals surface area contributed by atoms with Crippen LogP contribution in [-0.4, -0.2) is 13.9 Å². The Morgan fingerprint density at radius 2 is 1.75 bits per heavy atom. The summed E-state index contributed by atoms with van der Waals surface area (Å²) in [5, 5.41) is 0.548. The molecule has 0 atom stereocenters. The van der Waals surface area contributed by atoms with Gasteiger partial charge in [-0.05, 0) is 24.1 Å². The van der Waals surface area contributed by atoms with Crippen LogP contribution in [0.25, 0.3) is 0 Å². The van der Waals surface area contributed by atoms with Crippen molar-refractivity contribution in [2.45, 2.75) is 13.5 Å². The molecule has 0 aliphatic rings.